The van der Waals surface area contributed by atoms with Crippen LogP contribution in [-0.2, 0) is 0 Å². The van der Waals surface area contributed by atoms with Gasteiger partial charge < -0.3 is 9.47 Å². The number of hydrogen-bond acceptors (Lipinski definition) is 3. The summed E-state index contributed by atoms with van der Waals surface area (Å²) < 4.78 is 11.6. The minimum absolute atomic E-state index is 0.396. The van der Waals surface area contributed by atoms with E-state index in [0.29, 0.717) is 33.2 Å². The molecule has 5 heteroatoms. The quantitative estimate of drug-likeness (QED) is 0.542. The van der Waals surface area contributed by atoms with Crippen molar-refractivity contribution < 1.29 is 14.3 Å². The van der Waals surface area contributed by atoms with Crippen molar-refractivity contribution in [2.24, 2.45) is 0 Å². The van der Waals surface area contributed by atoms with Crippen LogP contribution in [0.15, 0.2) is 46.9 Å². The van der Waals surface area contributed by atoms with Crippen LogP contribution in [0.3, 0.4) is 0 Å². The topological polar surface area (TPSA) is 35.5 Å². The van der Waals surface area contributed by atoms with E-state index in [1.165, 1.54) is 0 Å². The van der Waals surface area contributed by atoms with E-state index in [0.717, 1.165) is 6.42 Å². The van der Waals surface area contributed by atoms with Crippen LogP contribution in [0, 0.1) is 0 Å². The van der Waals surface area contributed by atoms with Crippen LogP contribution < -0.4 is 9.47 Å². The molecule has 0 aliphatic carbocycles. The number of benzene rings is 2. The molecule has 2 aromatic rings. The minimum atomic E-state index is -0.468. The molecule has 0 fully saturated rings. The van der Waals surface area contributed by atoms with Crippen molar-refractivity contribution in [2.45, 2.75) is 13.3 Å². The standard InChI is InChI=1S/C16H14BrClO3/c1-2-9-20-14-6-4-3-5-12(14)16(19)21-15-8-7-11(18)10-13(15)17/h3-8,10H,2,9H2,1H3. The molecule has 0 radical (unpaired) electrons. The smallest absolute Gasteiger partial charge is 0.347 e. The lowest BCUT2D eigenvalue weighted by Crippen LogP contribution is -2.11. The largest absolute Gasteiger partial charge is 0.493 e. The fourth-order valence-corrected chi connectivity index (χ4v) is 2.45. The summed E-state index contributed by atoms with van der Waals surface area (Å²) in [4.78, 5) is 12.3. The van der Waals surface area contributed by atoms with Gasteiger partial charge in [0.2, 0.25) is 0 Å². The molecule has 0 amide bonds. The molecule has 0 bridgehead atoms. The molecule has 2 aromatic carbocycles. The Labute approximate surface area is 137 Å². The summed E-state index contributed by atoms with van der Waals surface area (Å²) in [6.45, 7) is 2.56. The summed E-state index contributed by atoms with van der Waals surface area (Å²) >= 11 is 9.18. The first-order valence-corrected chi connectivity index (χ1v) is 7.68. The maximum atomic E-state index is 12.3. The van der Waals surface area contributed by atoms with E-state index in [1.807, 2.05) is 13.0 Å². The van der Waals surface area contributed by atoms with Gasteiger partial charge in [0.15, 0.2) is 0 Å². The molecule has 0 atom stereocenters. The van der Waals surface area contributed by atoms with Gasteiger partial charge in [-0.15, -0.1) is 0 Å². The predicted octanol–water partition coefficient (Wildman–Crippen LogP) is 5.11. The second kappa shape index (κ2) is 7.48. The Morgan fingerprint density at radius 1 is 1.19 bits per heavy atom. The van der Waals surface area contributed by atoms with Crippen molar-refractivity contribution in [3.63, 3.8) is 0 Å². The number of rotatable bonds is 5. The Bertz CT molecular complexity index is 643. The maximum absolute atomic E-state index is 12.3. The van der Waals surface area contributed by atoms with E-state index in [2.05, 4.69) is 15.9 Å². The third kappa shape index (κ3) is 4.22. The number of para-hydroxylation sites is 1. The van der Waals surface area contributed by atoms with Gasteiger partial charge in [-0.25, -0.2) is 4.79 Å². The third-order valence-corrected chi connectivity index (χ3v) is 3.52. The molecule has 3 nitrogen and oxygen atoms in total. The van der Waals surface area contributed by atoms with Crippen LogP contribution in [0.4, 0.5) is 0 Å². The van der Waals surface area contributed by atoms with E-state index >= 15 is 0 Å². The van der Waals surface area contributed by atoms with Gasteiger partial charge in [-0.2, -0.15) is 0 Å². The molecule has 0 heterocycles. The summed E-state index contributed by atoms with van der Waals surface area (Å²) in [5, 5.41) is 0.563. The van der Waals surface area contributed by atoms with Crippen LogP contribution in [0.2, 0.25) is 5.02 Å². The molecule has 0 saturated carbocycles. The zero-order chi connectivity index (χ0) is 15.2. The summed E-state index contributed by atoms with van der Waals surface area (Å²) in [5.41, 5.74) is 0.396. The number of carbonyl (C=O) groups excluding carboxylic acids is 1. The van der Waals surface area contributed by atoms with Crippen molar-refractivity contribution in [1.29, 1.82) is 0 Å². The van der Waals surface area contributed by atoms with E-state index in [9.17, 15) is 4.79 Å². The van der Waals surface area contributed by atoms with Crippen molar-refractivity contribution in [1.82, 2.24) is 0 Å². The Balaban J connectivity index is 2.20. The minimum Gasteiger partial charge on any atom is -0.493 e. The van der Waals surface area contributed by atoms with Gasteiger partial charge in [-0.1, -0.05) is 30.7 Å². The normalized spacial score (nSPS) is 10.2. The molecule has 0 N–H and O–H groups in total. The van der Waals surface area contributed by atoms with Crippen molar-refractivity contribution >= 4 is 33.5 Å². The van der Waals surface area contributed by atoms with Crippen LogP contribution in [0.1, 0.15) is 23.7 Å². The van der Waals surface area contributed by atoms with E-state index in [4.69, 9.17) is 21.1 Å². The Morgan fingerprint density at radius 2 is 1.95 bits per heavy atom. The molecule has 0 saturated heterocycles. The predicted molar refractivity (Wildman–Crippen MR) is 86.3 cm³/mol. The summed E-state index contributed by atoms with van der Waals surface area (Å²) in [6, 6.07) is 12.0. The average Bonchev–Trinajstić information content (AvgIpc) is 2.48. The molecular weight excluding hydrogens is 356 g/mol. The Morgan fingerprint density at radius 3 is 2.67 bits per heavy atom. The number of carbonyl (C=O) groups is 1. The van der Waals surface area contributed by atoms with Crippen molar-refractivity contribution in [3.05, 3.63) is 57.5 Å². The molecule has 110 valence electrons. The highest BCUT2D eigenvalue weighted by Gasteiger charge is 2.15. The molecule has 0 spiro atoms. The number of esters is 1. The summed E-state index contributed by atoms with van der Waals surface area (Å²) in [7, 11) is 0. The second-order valence-corrected chi connectivity index (χ2v) is 5.60. The monoisotopic (exact) mass is 368 g/mol. The first-order valence-electron chi connectivity index (χ1n) is 6.51. The molecule has 0 aliphatic rings. The first kappa shape index (κ1) is 15.9. The van der Waals surface area contributed by atoms with Crippen LogP contribution in [0.5, 0.6) is 11.5 Å². The van der Waals surface area contributed by atoms with Gasteiger partial charge in [0, 0.05) is 5.02 Å². The molecule has 0 aliphatic heterocycles. The molecule has 2 rings (SSSR count). The summed E-state index contributed by atoms with van der Waals surface area (Å²) in [5.74, 6) is 0.467. The highest BCUT2D eigenvalue weighted by molar-refractivity contribution is 9.10. The third-order valence-electron chi connectivity index (χ3n) is 2.67. The zero-order valence-electron chi connectivity index (χ0n) is 11.4. The first-order chi connectivity index (χ1) is 10.1. The number of ether oxygens (including phenoxy) is 2. The van der Waals surface area contributed by atoms with Crippen LogP contribution in [0.25, 0.3) is 0 Å². The second-order valence-electron chi connectivity index (χ2n) is 4.31. The van der Waals surface area contributed by atoms with Gasteiger partial charge >= 0.3 is 5.97 Å². The SMILES string of the molecule is CCCOc1ccccc1C(=O)Oc1ccc(Cl)cc1Br. The van der Waals surface area contributed by atoms with Gasteiger partial charge in [-0.3, -0.25) is 0 Å². The molecule has 0 unspecified atom stereocenters. The highest BCUT2D eigenvalue weighted by Crippen LogP contribution is 2.29. The lowest BCUT2D eigenvalue weighted by molar-refractivity contribution is 0.0729. The van der Waals surface area contributed by atoms with E-state index in [1.54, 1.807) is 36.4 Å². The van der Waals surface area contributed by atoms with Gasteiger partial charge in [0.1, 0.15) is 17.1 Å². The van der Waals surface area contributed by atoms with Gasteiger partial charge in [0.25, 0.3) is 0 Å². The van der Waals surface area contributed by atoms with E-state index in [-0.39, 0.29) is 0 Å². The lowest BCUT2D eigenvalue weighted by Gasteiger charge is -2.11. The van der Waals surface area contributed by atoms with Crippen molar-refractivity contribution in [3.8, 4) is 11.5 Å². The number of hydrogen-bond donors (Lipinski definition) is 0. The average molecular weight is 370 g/mol. The van der Waals surface area contributed by atoms with Crippen LogP contribution in [-0.4, -0.2) is 12.6 Å². The Kier molecular flexibility index (Phi) is 5.65. The van der Waals surface area contributed by atoms with Crippen molar-refractivity contribution in [2.75, 3.05) is 6.61 Å². The fraction of sp³-hybridized carbons (Fsp3) is 0.188. The number of halogens is 2. The van der Waals surface area contributed by atoms with Gasteiger partial charge in [-0.05, 0) is 52.7 Å². The molecule has 21 heavy (non-hydrogen) atoms. The van der Waals surface area contributed by atoms with Gasteiger partial charge in [0.05, 0.1) is 11.1 Å². The van der Waals surface area contributed by atoms with E-state index < -0.39 is 5.97 Å². The maximum Gasteiger partial charge on any atom is 0.347 e. The fourth-order valence-electron chi connectivity index (χ4n) is 1.69. The summed E-state index contributed by atoms with van der Waals surface area (Å²) in [6.07, 6.45) is 0.867. The zero-order valence-corrected chi connectivity index (χ0v) is 13.8. The Hall–Kier alpha value is -1.52. The van der Waals surface area contributed by atoms with Crippen LogP contribution >= 0.6 is 27.5 Å². The highest BCUT2D eigenvalue weighted by atomic mass is 79.9. The lowest BCUT2D eigenvalue weighted by atomic mass is 10.2. The molecular formula is C16H14BrClO3. The molecule has 0 aromatic heterocycles.